The molecule has 0 aliphatic rings. The van der Waals surface area contributed by atoms with Crippen molar-refractivity contribution in [3.63, 3.8) is 0 Å². The molecule has 2 aromatic rings. The number of hydrogen-bond acceptors (Lipinski definition) is 3. The van der Waals surface area contributed by atoms with Gasteiger partial charge in [-0.1, -0.05) is 12.1 Å². The average molecular weight is 259 g/mol. The zero-order chi connectivity index (χ0) is 14.0. The Morgan fingerprint density at radius 3 is 2.74 bits per heavy atom. The molecule has 0 bridgehead atoms. The number of nitrogens with two attached hydrogens (primary N) is 1. The van der Waals surface area contributed by atoms with Gasteiger partial charge in [0.2, 0.25) is 0 Å². The summed E-state index contributed by atoms with van der Waals surface area (Å²) in [5, 5.41) is 0. The van der Waals surface area contributed by atoms with Crippen LogP contribution in [0.25, 0.3) is 11.4 Å². The number of ether oxygens (including phenoxy) is 1. The van der Waals surface area contributed by atoms with Gasteiger partial charge in [0, 0.05) is 23.2 Å². The van der Waals surface area contributed by atoms with Crippen molar-refractivity contribution in [1.82, 2.24) is 9.97 Å². The maximum atomic E-state index is 6.06. The first-order chi connectivity index (χ1) is 8.89. The summed E-state index contributed by atoms with van der Waals surface area (Å²) in [5.41, 5.74) is 8.90. The van der Waals surface area contributed by atoms with Crippen LogP contribution in [0, 0.1) is 6.92 Å². The maximum absolute atomic E-state index is 6.06. The van der Waals surface area contributed by atoms with Gasteiger partial charge >= 0.3 is 0 Å². The number of rotatable bonds is 4. The number of imidazole rings is 1. The molecule has 0 saturated carbocycles. The lowest BCUT2D eigenvalue weighted by atomic mass is 9.99. The van der Waals surface area contributed by atoms with Crippen LogP contribution in [0.4, 0.5) is 0 Å². The summed E-state index contributed by atoms with van der Waals surface area (Å²) in [4.78, 5) is 7.96. The average Bonchev–Trinajstić information content (AvgIpc) is 2.69. The monoisotopic (exact) mass is 259 g/mol. The molecule has 0 amide bonds. The van der Waals surface area contributed by atoms with E-state index in [2.05, 4.69) is 9.97 Å². The number of aromatic nitrogens is 2. The normalized spacial score (nSPS) is 11.6. The molecule has 4 nitrogen and oxygen atoms in total. The molecule has 0 aliphatic carbocycles. The molecule has 0 spiro atoms. The third-order valence-electron chi connectivity index (χ3n) is 2.95. The Bertz CT molecular complexity index is 567. The lowest BCUT2D eigenvalue weighted by Gasteiger charge is -2.16. The molecule has 0 aliphatic heterocycles. The Morgan fingerprint density at radius 2 is 2.11 bits per heavy atom. The van der Waals surface area contributed by atoms with Crippen LogP contribution >= 0.6 is 0 Å². The minimum absolute atomic E-state index is 0.258. The molecule has 0 fully saturated rings. The minimum Gasteiger partial charge on any atom is -0.497 e. The van der Waals surface area contributed by atoms with E-state index < -0.39 is 0 Å². The van der Waals surface area contributed by atoms with Crippen LogP contribution in [0.3, 0.4) is 0 Å². The highest BCUT2D eigenvalue weighted by Gasteiger charge is 2.17. The summed E-state index contributed by atoms with van der Waals surface area (Å²) >= 11 is 0. The fraction of sp³-hybridized carbons (Fsp3) is 0.400. The van der Waals surface area contributed by atoms with Crippen molar-refractivity contribution in [2.75, 3.05) is 7.11 Å². The van der Waals surface area contributed by atoms with Crippen LogP contribution in [0.1, 0.15) is 25.2 Å². The Morgan fingerprint density at radius 1 is 1.37 bits per heavy atom. The van der Waals surface area contributed by atoms with Crippen LogP contribution in [-0.4, -0.2) is 22.6 Å². The van der Waals surface area contributed by atoms with Crippen LogP contribution in [0.5, 0.6) is 5.75 Å². The van der Waals surface area contributed by atoms with Crippen LogP contribution < -0.4 is 10.5 Å². The Labute approximate surface area is 114 Å². The molecular formula is C15H21N3O. The van der Waals surface area contributed by atoms with Gasteiger partial charge in [-0.15, -0.1) is 0 Å². The fourth-order valence-corrected chi connectivity index (χ4v) is 2.01. The van der Waals surface area contributed by atoms with Crippen LogP contribution in [0.2, 0.25) is 0 Å². The molecule has 4 heteroatoms. The van der Waals surface area contributed by atoms with E-state index >= 15 is 0 Å². The molecule has 1 heterocycles. The Kier molecular flexibility index (Phi) is 3.62. The Hall–Kier alpha value is -1.81. The lowest BCUT2D eigenvalue weighted by molar-refractivity contribution is 0.415. The first kappa shape index (κ1) is 13.6. The summed E-state index contributed by atoms with van der Waals surface area (Å²) in [6.45, 7) is 6.04. The quantitative estimate of drug-likeness (QED) is 0.887. The van der Waals surface area contributed by atoms with Crippen LogP contribution in [-0.2, 0) is 6.42 Å². The number of aromatic amines is 1. The van der Waals surface area contributed by atoms with E-state index in [9.17, 15) is 0 Å². The zero-order valence-electron chi connectivity index (χ0n) is 11.9. The molecule has 1 aromatic heterocycles. The van der Waals surface area contributed by atoms with Gasteiger partial charge in [-0.2, -0.15) is 0 Å². The summed E-state index contributed by atoms with van der Waals surface area (Å²) in [7, 11) is 1.66. The second-order valence-corrected chi connectivity index (χ2v) is 5.55. The molecule has 0 atom stereocenters. The molecule has 1 aromatic carbocycles. The number of nitrogens with zero attached hydrogens (tertiary/aromatic N) is 1. The van der Waals surface area contributed by atoms with Gasteiger partial charge in [-0.05, 0) is 32.9 Å². The van der Waals surface area contributed by atoms with E-state index in [4.69, 9.17) is 10.5 Å². The fourth-order valence-electron chi connectivity index (χ4n) is 2.01. The number of benzene rings is 1. The van der Waals surface area contributed by atoms with Crippen molar-refractivity contribution in [2.24, 2.45) is 5.73 Å². The summed E-state index contributed by atoms with van der Waals surface area (Å²) in [6, 6.07) is 7.86. The molecular weight excluding hydrogens is 238 g/mol. The molecule has 2 rings (SSSR count). The number of methoxy groups -OCH3 is 1. The second-order valence-electron chi connectivity index (χ2n) is 5.55. The van der Waals surface area contributed by atoms with Crippen molar-refractivity contribution in [3.8, 4) is 17.1 Å². The van der Waals surface area contributed by atoms with Gasteiger partial charge in [0.25, 0.3) is 0 Å². The van der Waals surface area contributed by atoms with Crippen molar-refractivity contribution < 1.29 is 4.74 Å². The first-order valence-electron chi connectivity index (χ1n) is 6.38. The zero-order valence-corrected chi connectivity index (χ0v) is 11.9. The predicted octanol–water partition coefficient (Wildman–Crippen LogP) is 2.67. The van der Waals surface area contributed by atoms with E-state index in [1.807, 2.05) is 45.0 Å². The van der Waals surface area contributed by atoms with Gasteiger partial charge < -0.3 is 15.5 Å². The van der Waals surface area contributed by atoms with Crippen LogP contribution in [0.15, 0.2) is 24.3 Å². The topological polar surface area (TPSA) is 63.9 Å². The van der Waals surface area contributed by atoms with Crippen molar-refractivity contribution >= 4 is 0 Å². The molecule has 0 radical (unpaired) electrons. The SMILES string of the molecule is COc1cccc(-c2nc(CC(C)(C)N)c(C)[nH]2)c1. The highest BCUT2D eigenvalue weighted by Crippen LogP contribution is 2.23. The molecule has 3 N–H and O–H groups in total. The number of nitrogens with one attached hydrogen (secondary N) is 1. The van der Waals surface area contributed by atoms with E-state index in [-0.39, 0.29) is 5.54 Å². The predicted molar refractivity (Wildman–Crippen MR) is 77.3 cm³/mol. The summed E-state index contributed by atoms with van der Waals surface area (Å²) < 4.78 is 5.23. The van der Waals surface area contributed by atoms with Gasteiger partial charge in [0.15, 0.2) is 0 Å². The highest BCUT2D eigenvalue weighted by molar-refractivity contribution is 5.58. The number of H-pyrrole nitrogens is 1. The summed E-state index contributed by atoms with van der Waals surface area (Å²) in [6.07, 6.45) is 0.749. The van der Waals surface area contributed by atoms with E-state index in [0.29, 0.717) is 0 Å². The Balaban J connectivity index is 2.33. The van der Waals surface area contributed by atoms with Gasteiger partial charge in [0.1, 0.15) is 11.6 Å². The number of aryl methyl sites for hydroxylation is 1. The van der Waals surface area contributed by atoms with E-state index in [1.165, 1.54) is 0 Å². The van der Waals surface area contributed by atoms with Crippen molar-refractivity contribution in [3.05, 3.63) is 35.7 Å². The lowest BCUT2D eigenvalue weighted by Crippen LogP contribution is -2.34. The van der Waals surface area contributed by atoms with Gasteiger partial charge in [-0.3, -0.25) is 0 Å². The van der Waals surface area contributed by atoms with E-state index in [1.54, 1.807) is 7.11 Å². The molecule has 0 unspecified atom stereocenters. The highest BCUT2D eigenvalue weighted by atomic mass is 16.5. The second kappa shape index (κ2) is 5.05. The van der Waals surface area contributed by atoms with Crippen molar-refractivity contribution in [2.45, 2.75) is 32.7 Å². The third kappa shape index (κ3) is 3.35. The minimum atomic E-state index is -0.258. The van der Waals surface area contributed by atoms with Crippen molar-refractivity contribution in [1.29, 1.82) is 0 Å². The first-order valence-corrected chi connectivity index (χ1v) is 6.38. The molecule has 0 saturated heterocycles. The largest absolute Gasteiger partial charge is 0.497 e. The standard InChI is InChI=1S/C15H21N3O/c1-10-13(9-15(2,3)16)18-14(17-10)11-6-5-7-12(8-11)19-4/h5-8H,9,16H2,1-4H3,(H,17,18). The number of hydrogen-bond donors (Lipinski definition) is 2. The molecule has 19 heavy (non-hydrogen) atoms. The maximum Gasteiger partial charge on any atom is 0.137 e. The summed E-state index contributed by atoms with van der Waals surface area (Å²) in [5.74, 6) is 1.68. The smallest absolute Gasteiger partial charge is 0.137 e. The third-order valence-corrected chi connectivity index (χ3v) is 2.95. The van der Waals surface area contributed by atoms with Gasteiger partial charge in [-0.25, -0.2) is 4.98 Å². The van der Waals surface area contributed by atoms with Gasteiger partial charge in [0.05, 0.1) is 12.8 Å². The van der Waals surface area contributed by atoms with E-state index in [0.717, 1.165) is 34.9 Å². The molecule has 102 valence electrons.